The Labute approximate surface area is 102 Å². The first-order valence-corrected chi connectivity index (χ1v) is 6.24. The second-order valence-corrected chi connectivity index (χ2v) is 4.84. The third kappa shape index (κ3) is 3.35. The lowest BCUT2D eigenvalue weighted by Gasteiger charge is -2.32. The lowest BCUT2D eigenvalue weighted by molar-refractivity contribution is -0.137. The SMILES string of the molecule is CCN(CC(=O)O)C(=O)N1CCCC1C(C)C. The fourth-order valence-corrected chi connectivity index (χ4v) is 2.38. The fraction of sp³-hybridized carbons (Fsp3) is 0.833. The Morgan fingerprint density at radius 2 is 2.12 bits per heavy atom. The first-order valence-electron chi connectivity index (χ1n) is 6.24. The fourth-order valence-electron chi connectivity index (χ4n) is 2.38. The van der Waals surface area contributed by atoms with Crippen molar-refractivity contribution >= 4 is 12.0 Å². The molecule has 1 saturated heterocycles. The third-order valence-electron chi connectivity index (χ3n) is 3.29. The number of carboxylic acid groups (broad SMARTS) is 1. The van der Waals surface area contributed by atoms with Gasteiger partial charge < -0.3 is 14.9 Å². The van der Waals surface area contributed by atoms with Gasteiger partial charge in [0.2, 0.25) is 0 Å². The standard InChI is InChI=1S/C12H22N2O3/c1-4-13(8-11(15)16)12(17)14-7-5-6-10(14)9(2)3/h9-10H,4-8H2,1-3H3,(H,15,16). The first-order chi connectivity index (χ1) is 7.97. The highest BCUT2D eigenvalue weighted by Gasteiger charge is 2.33. The number of nitrogens with zero attached hydrogens (tertiary/aromatic N) is 2. The number of rotatable bonds is 4. The molecule has 0 aromatic carbocycles. The summed E-state index contributed by atoms with van der Waals surface area (Å²) < 4.78 is 0. The summed E-state index contributed by atoms with van der Waals surface area (Å²) in [5, 5.41) is 8.77. The van der Waals surface area contributed by atoms with Gasteiger partial charge in [0.1, 0.15) is 6.54 Å². The van der Waals surface area contributed by atoms with Gasteiger partial charge >= 0.3 is 12.0 Å². The van der Waals surface area contributed by atoms with E-state index in [4.69, 9.17) is 5.11 Å². The van der Waals surface area contributed by atoms with Crippen LogP contribution in [0.15, 0.2) is 0 Å². The molecule has 1 aliphatic rings. The van der Waals surface area contributed by atoms with E-state index in [9.17, 15) is 9.59 Å². The van der Waals surface area contributed by atoms with Crippen molar-refractivity contribution in [2.75, 3.05) is 19.6 Å². The average Bonchev–Trinajstić information content (AvgIpc) is 2.73. The predicted octanol–water partition coefficient (Wildman–Crippen LogP) is 1.63. The summed E-state index contributed by atoms with van der Waals surface area (Å²) in [6.45, 7) is 6.98. The van der Waals surface area contributed by atoms with E-state index in [-0.39, 0.29) is 18.6 Å². The summed E-state index contributed by atoms with van der Waals surface area (Å²) in [6, 6.07) is 0.122. The van der Waals surface area contributed by atoms with Gasteiger partial charge in [0.05, 0.1) is 0 Å². The minimum atomic E-state index is -0.958. The van der Waals surface area contributed by atoms with E-state index in [1.54, 1.807) is 6.92 Å². The minimum Gasteiger partial charge on any atom is -0.480 e. The van der Waals surface area contributed by atoms with Crippen molar-refractivity contribution in [3.05, 3.63) is 0 Å². The topological polar surface area (TPSA) is 60.9 Å². The Morgan fingerprint density at radius 1 is 1.47 bits per heavy atom. The molecular formula is C12H22N2O3. The normalized spacial score (nSPS) is 19.8. The molecule has 1 N–H and O–H groups in total. The van der Waals surface area contributed by atoms with E-state index in [0.717, 1.165) is 19.4 Å². The maximum absolute atomic E-state index is 12.2. The Kier molecular flexibility index (Phi) is 4.78. The minimum absolute atomic E-state index is 0.133. The number of carbonyl (C=O) groups is 2. The van der Waals surface area contributed by atoms with Gasteiger partial charge in [0, 0.05) is 19.1 Å². The van der Waals surface area contributed by atoms with Crippen molar-refractivity contribution in [1.29, 1.82) is 0 Å². The molecule has 17 heavy (non-hydrogen) atoms. The van der Waals surface area contributed by atoms with Gasteiger partial charge in [0.25, 0.3) is 0 Å². The number of urea groups is 1. The highest BCUT2D eigenvalue weighted by Crippen LogP contribution is 2.24. The number of carbonyl (C=O) groups excluding carboxylic acids is 1. The summed E-state index contributed by atoms with van der Waals surface area (Å²) in [7, 11) is 0. The van der Waals surface area contributed by atoms with Crippen LogP contribution in [0.25, 0.3) is 0 Å². The van der Waals surface area contributed by atoms with E-state index >= 15 is 0 Å². The van der Waals surface area contributed by atoms with Gasteiger partial charge in [-0.05, 0) is 25.7 Å². The van der Waals surface area contributed by atoms with Gasteiger partial charge in [-0.25, -0.2) is 4.79 Å². The zero-order valence-electron chi connectivity index (χ0n) is 10.8. The van der Waals surface area contributed by atoms with Crippen LogP contribution < -0.4 is 0 Å². The van der Waals surface area contributed by atoms with Crippen molar-refractivity contribution in [2.24, 2.45) is 5.92 Å². The molecule has 0 spiro atoms. The van der Waals surface area contributed by atoms with Crippen molar-refractivity contribution in [3.8, 4) is 0 Å². The quantitative estimate of drug-likeness (QED) is 0.815. The van der Waals surface area contributed by atoms with E-state index < -0.39 is 5.97 Å². The van der Waals surface area contributed by atoms with Crippen LogP contribution in [0.5, 0.6) is 0 Å². The number of hydrogen-bond acceptors (Lipinski definition) is 2. The lowest BCUT2D eigenvalue weighted by Crippen LogP contribution is -2.48. The Balaban J connectivity index is 2.69. The molecule has 1 heterocycles. The summed E-state index contributed by atoms with van der Waals surface area (Å²) in [5.41, 5.74) is 0. The van der Waals surface area contributed by atoms with Crippen molar-refractivity contribution < 1.29 is 14.7 Å². The molecule has 5 heteroatoms. The van der Waals surface area contributed by atoms with Crippen LogP contribution in [0, 0.1) is 5.92 Å². The zero-order chi connectivity index (χ0) is 13.0. The molecule has 0 saturated carbocycles. The van der Waals surface area contributed by atoms with Crippen LogP contribution in [-0.2, 0) is 4.79 Å². The van der Waals surface area contributed by atoms with E-state index in [0.29, 0.717) is 12.5 Å². The Bertz CT molecular complexity index is 291. The summed E-state index contributed by atoms with van der Waals surface area (Å²) in [4.78, 5) is 26.1. The van der Waals surface area contributed by atoms with E-state index in [2.05, 4.69) is 13.8 Å². The van der Waals surface area contributed by atoms with E-state index in [1.807, 2.05) is 4.90 Å². The highest BCUT2D eigenvalue weighted by atomic mass is 16.4. The molecule has 1 unspecified atom stereocenters. The predicted molar refractivity (Wildman–Crippen MR) is 64.8 cm³/mol. The Morgan fingerprint density at radius 3 is 2.59 bits per heavy atom. The first kappa shape index (κ1) is 13.8. The molecule has 2 amide bonds. The third-order valence-corrected chi connectivity index (χ3v) is 3.29. The van der Waals surface area contributed by atoms with Crippen LogP contribution in [0.4, 0.5) is 4.79 Å². The summed E-state index contributed by atoms with van der Waals surface area (Å²) in [5.74, 6) is -0.537. The van der Waals surface area contributed by atoms with Gasteiger partial charge in [-0.2, -0.15) is 0 Å². The van der Waals surface area contributed by atoms with Gasteiger partial charge in [-0.3, -0.25) is 4.79 Å². The molecule has 1 rings (SSSR count). The summed E-state index contributed by atoms with van der Waals surface area (Å²) >= 11 is 0. The maximum Gasteiger partial charge on any atom is 0.323 e. The Hall–Kier alpha value is -1.26. The number of carboxylic acids is 1. The zero-order valence-corrected chi connectivity index (χ0v) is 10.8. The number of likely N-dealkylation sites (tertiary alicyclic amines) is 1. The van der Waals surface area contributed by atoms with Crippen LogP contribution in [0.1, 0.15) is 33.6 Å². The van der Waals surface area contributed by atoms with Crippen LogP contribution >= 0.6 is 0 Å². The molecule has 0 radical (unpaired) electrons. The number of amides is 2. The van der Waals surface area contributed by atoms with Crippen LogP contribution in [0.3, 0.4) is 0 Å². The van der Waals surface area contributed by atoms with Crippen LogP contribution in [0.2, 0.25) is 0 Å². The van der Waals surface area contributed by atoms with E-state index in [1.165, 1.54) is 4.90 Å². The molecule has 5 nitrogen and oxygen atoms in total. The molecule has 98 valence electrons. The number of hydrogen-bond donors (Lipinski definition) is 1. The molecular weight excluding hydrogens is 220 g/mol. The highest BCUT2D eigenvalue weighted by molar-refractivity contribution is 5.80. The van der Waals surface area contributed by atoms with Gasteiger partial charge in [-0.1, -0.05) is 13.8 Å². The molecule has 0 aliphatic carbocycles. The van der Waals surface area contributed by atoms with Crippen molar-refractivity contribution in [1.82, 2.24) is 9.80 Å². The number of aliphatic carboxylic acids is 1. The molecule has 1 fully saturated rings. The maximum atomic E-state index is 12.2. The largest absolute Gasteiger partial charge is 0.480 e. The van der Waals surface area contributed by atoms with Crippen LogP contribution in [-0.4, -0.2) is 52.6 Å². The summed E-state index contributed by atoms with van der Waals surface area (Å²) in [6.07, 6.45) is 2.03. The monoisotopic (exact) mass is 242 g/mol. The average molecular weight is 242 g/mol. The second-order valence-electron chi connectivity index (χ2n) is 4.84. The smallest absolute Gasteiger partial charge is 0.323 e. The number of likely N-dealkylation sites (N-methyl/N-ethyl adjacent to an activating group) is 1. The van der Waals surface area contributed by atoms with Gasteiger partial charge in [0.15, 0.2) is 0 Å². The van der Waals surface area contributed by atoms with Crippen molar-refractivity contribution in [3.63, 3.8) is 0 Å². The second kappa shape index (κ2) is 5.89. The molecule has 0 aromatic heterocycles. The van der Waals surface area contributed by atoms with Crippen molar-refractivity contribution in [2.45, 2.75) is 39.7 Å². The molecule has 1 atom stereocenters. The van der Waals surface area contributed by atoms with Gasteiger partial charge in [-0.15, -0.1) is 0 Å². The lowest BCUT2D eigenvalue weighted by atomic mass is 10.0. The molecule has 0 aromatic rings. The molecule has 1 aliphatic heterocycles. The molecule has 0 bridgehead atoms.